The summed E-state index contributed by atoms with van der Waals surface area (Å²) < 4.78 is 19.7. The molecule has 1 aliphatic rings. The van der Waals surface area contributed by atoms with Crippen LogP contribution in [0.2, 0.25) is 0 Å². The summed E-state index contributed by atoms with van der Waals surface area (Å²) in [7, 11) is 0. The predicted octanol–water partition coefficient (Wildman–Crippen LogP) is 3.47. The molecule has 0 atom stereocenters. The van der Waals surface area contributed by atoms with E-state index in [0.717, 1.165) is 31.6 Å². The number of hydrogen-bond donors (Lipinski definition) is 1. The Hall–Kier alpha value is -2.27. The van der Waals surface area contributed by atoms with E-state index in [9.17, 15) is 9.18 Å². The number of nitrogens with one attached hydrogen (secondary N) is 1. The van der Waals surface area contributed by atoms with Gasteiger partial charge in [0.25, 0.3) is 0 Å². The average molecular weight is 328 g/mol. The van der Waals surface area contributed by atoms with Crippen LogP contribution in [0.15, 0.2) is 36.4 Å². The van der Waals surface area contributed by atoms with Crippen LogP contribution in [0.4, 0.5) is 4.39 Å². The van der Waals surface area contributed by atoms with Gasteiger partial charge >= 0.3 is 0 Å². The number of halogens is 1. The lowest BCUT2D eigenvalue weighted by atomic mass is 9.94. The quantitative estimate of drug-likeness (QED) is 0.854. The van der Waals surface area contributed by atoms with E-state index in [1.807, 2.05) is 12.1 Å². The zero-order chi connectivity index (χ0) is 16.9. The van der Waals surface area contributed by atoms with Crippen LogP contribution in [0.25, 0.3) is 0 Å². The maximum atomic E-state index is 14.0. The topological polar surface area (TPSA) is 51.2 Å². The van der Waals surface area contributed by atoms with E-state index < -0.39 is 5.82 Å². The second kappa shape index (κ2) is 7.53. The van der Waals surface area contributed by atoms with Crippen LogP contribution < -0.4 is 10.1 Å². The van der Waals surface area contributed by atoms with Crippen molar-refractivity contribution in [1.82, 2.24) is 10.3 Å². The molecule has 0 amide bonds. The van der Waals surface area contributed by atoms with Crippen molar-refractivity contribution in [3.8, 4) is 5.88 Å². The minimum atomic E-state index is -0.433. The first-order valence-corrected chi connectivity index (χ1v) is 8.23. The minimum Gasteiger partial charge on any atom is -0.473 e. The van der Waals surface area contributed by atoms with Gasteiger partial charge in [-0.05, 0) is 45.0 Å². The Labute approximate surface area is 141 Å². The molecule has 1 aliphatic heterocycles. The highest BCUT2D eigenvalue weighted by atomic mass is 19.1. The van der Waals surface area contributed by atoms with Gasteiger partial charge in [0.2, 0.25) is 5.88 Å². The number of benzene rings is 1. The molecule has 0 spiro atoms. The molecule has 0 bridgehead atoms. The van der Waals surface area contributed by atoms with Crippen LogP contribution in [0.3, 0.4) is 0 Å². The summed E-state index contributed by atoms with van der Waals surface area (Å²) in [5.74, 6) is 0.359. The molecule has 24 heavy (non-hydrogen) atoms. The van der Waals surface area contributed by atoms with E-state index in [1.165, 1.54) is 13.0 Å². The molecule has 4 nitrogen and oxygen atoms in total. The van der Waals surface area contributed by atoms with E-state index in [2.05, 4.69) is 10.3 Å². The third kappa shape index (κ3) is 3.97. The average Bonchev–Trinajstić information content (AvgIpc) is 2.61. The van der Waals surface area contributed by atoms with Crippen molar-refractivity contribution in [1.29, 1.82) is 0 Å². The monoisotopic (exact) mass is 328 g/mol. The molecule has 126 valence electrons. The number of piperidine rings is 1. The van der Waals surface area contributed by atoms with Gasteiger partial charge in [-0.25, -0.2) is 9.37 Å². The van der Waals surface area contributed by atoms with Crippen LogP contribution in [0.5, 0.6) is 5.88 Å². The van der Waals surface area contributed by atoms with E-state index in [1.54, 1.807) is 18.2 Å². The molecule has 2 aromatic rings. The number of nitrogens with zero attached hydrogens (tertiary/aromatic N) is 1. The third-order valence-electron chi connectivity index (χ3n) is 4.34. The smallest absolute Gasteiger partial charge is 0.213 e. The Bertz CT molecular complexity index is 727. The maximum absolute atomic E-state index is 14.0. The first-order valence-electron chi connectivity index (χ1n) is 8.23. The number of ketones is 1. The molecule has 3 rings (SSSR count). The summed E-state index contributed by atoms with van der Waals surface area (Å²) in [4.78, 5) is 15.8. The van der Waals surface area contributed by atoms with Gasteiger partial charge in [-0.2, -0.15) is 0 Å². The van der Waals surface area contributed by atoms with E-state index in [4.69, 9.17) is 4.74 Å². The van der Waals surface area contributed by atoms with Gasteiger partial charge in [0, 0.05) is 28.8 Å². The Morgan fingerprint density at radius 3 is 2.79 bits per heavy atom. The van der Waals surface area contributed by atoms with Crippen LogP contribution in [0.1, 0.15) is 47.3 Å². The second-order valence-electron chi connectivity index (χ2n) is 6.08. The summed E-state index contributed by atoms with van der Waals surface area (Å²) in [6.07, 6.45) is 2.13. The highest BCUT2D eigenvalue weighted by Crippen LogP contribution is 2.25. The molecule has 1 aromatic heterocycles. The first kappa shape index (κ1) is 16.6. The lowest BCUT2D eigenvalue weighted by Crippen LogP contribution is -2.27. The number of carbonyl (C=O) groups is 1. The molecule has 0 unspecified atom stereocenters. The van der Waals surface area contributed by atoms with Crippen LogP contribution in [-0.4, -0.2) is 23.9 Å². The van der Waals surface area contributed by atoms with Gasteiger partial charge in [0.05, 0.1) is 0 Å². The molecule has 1 N–H and O–H groups in total. The molecule has 2 heterocycles. The van der Waals surface area contributed by atoms with Crippen molar-refractivity contribution in [3.05, 3.63) is 59.0 Å². The minimum absolute atomic E-state index is 0.0900. The standard InChI is InChI=1S/C19H21FN2O2/c1-13(23)15-5-6-16(17(20)11-15)12-24-19-4-2-3-18(22-19)14-7-9-21-10-8-14/h2-6,11,14,21H,7-10,12H2,1H3. The number of aromatic nitrogens is 1. The second-order valence-corrected chi connectivity index (χ2v) is 6.08. The fraction of sp³-hybridized carbons (Fsp3) is 0.368. The van der Waals surface area contributed by atoms with Gasteiger partial charge in [-0.1, -0.05) is 18.2 Å². The number of rotatable bonds is 5. The summed E-state index contributed by atoms with van der Waals surface area (Å²) in [6.45, 7) is 3.52. The van der Waals surface area contributed by atoms with Crippen molar-refractivity contribution < 1.29 is 13.9 Å². The number of ether oxygens (including phenoxy) is 1. The summed E-state index contributed by atoms with van der Waals surface area (Å²) in [5.41, 5.74) is 1.80. The Morgan fingerprint density at radius 1 is 1.29 bits per heavy atom. The molecule has 0 aliphatic carbocycles. The number of Topliss-reactive ketones (excluding diaryl/α,β-unsaturated/α-hetero) is 1. The van der Waals surface area contributed by atoms with Gasteiger partial charge in [-0.3, -0.25) is 4.79 Å². The van der Waals surface area contributed by atoms with Crippen molar-refractivity contribution in [3.63, 3.8) is 0 Å². The first-order chi connectivity index (χ1) is 11.6. The third-order valence-corrected chi connectivity index (χ3v) is 4.34. The van der Waals surface area contributed by atoms with Gasteiger partial charge < -0.3 is 10.1 Å². The van der Waals surface area contributed by atoms with Gasteiger partial charge in [-0.15, -0.1) is 0 Å². The van der Waals surface area contributed by atoms with Crippen molar-refractivity contribution in [2.75, 3.05) is 13.1 Å². The molecule has 0 saturated carbocycles. The lowest BCUT2D eigenvalue weighted by Gasteiger charge is -2.22. The Morgan fingerprint density at radius 2 is 2.08 bits per heavy atom. The maximum Gasteiger partial charge on any atom is 0.213 e. The van der Waals surface area contributed by atoms with Crippen LogP contribution >= 0.6 is 0 Å². The van der Waals surface area contributed by atoms with E-state index >= 15 is 0 Å². The SMILES string of the molecule is CC(=O)c1ccc(COc2cccc(C3CCNCC3)n2)c(F)c1. The number of hydrogen-bond acceptors (Lipinski definition) is 4. The number of carbonyl (C=O) groups excluding carboxylic acids is 1. The molecule has 1 aromatic carbocycles. The Balaban J connectivity index is 1.67. The lowest BCUT2D eigenvalue weighted by molar-refractivity contribution is 0.101. The van der Waals surface area contributed by atoms with E-state index in [0.29, 0.717) is 22.9 Å². The van der Waals surface area contributed by atoms with Crippen molar-refractivity contribution in [2.24, 2.45) is 0 Å². The molecular weight excluding hydrogens is 307 g/mol. The van der Waals surface area contributed by atoms with Crippen molar-refractivity contribution in [2.45, 2.75) is 32.3 Å². The highest BCUT2D eigenvalue weighted by Gasteiger charge is 2.17. The molecule has 1 fully saturated rings. The zero-order valence-electron chi connectivity index (χ0n) is 13.7. The summed E-state index contributed by atoms with van der Waals surface area (Å²) in [6, 6.07) is 10.2. The predicted molar refractivity (Wildman–Crippen MR) is 89.8 cm³/mol. The Kier molecular flexibility index (Phi) is 5.20. The van der Waals surface area contributed by atoms with Gasteiger partial charge in [0.1, 0.15) is 12.4 Å². The van der Waals surface area contributed by atoms with E-state index in [-0.39, 0.29) is 12.4 Å². The largest absolute Gasteiger partial charge is 0.473 e. The zero-order valence-corrected chi connectivity index (χ0v) is 13.7. The highest BCUT2D eigenvalue weighted by molar-refractivity contribution is 5.94. The molecule has 0 radical (unpaired) electrons. The number of pyridine rings is 1. The summed E-state index contributed by atoms with van der Waals surface area (Å²) in [5, 5.41) is 3.34. The molecular formula is C19H21FN2O2. The fourth-order valence-electron chi connectivity index (χ4n) is 2.89. The fourth-order valence-corrected chi connectivity index (χ4v) is 2.89. The summed E-state index contributed by atoms with van der Waals surface area (Å²) >= 11 is 0. The van der Waals surface area contributed by atoms with Crippen molar-refractivity contribution >= 4 is 5.78 Å². The van der Waals surface area contributed by atoms with Crippen LogP contribution in [0, 0.1) is 5.82 Å². The molecule has 1 saturated heterocycles. The van der Waals surface area contributed by atoms with Crippen LogP contribution in [-0.2, 0) is 6.61 Å². The normalized spacial score (nSPS) is 15.2. The van der Waals surface area contributed by atoms with Gasteiger partial charge in [0.15, 0.2) is 5.78 Å². The molecule has 5 heteroatoms.